The molecule has 10 heteroatoms. The number of unbranched alkanes of at least 4 members (excludes halogenated alkanes) is 1. The monoisotopic (exact) mass is 521 g/mol. The van der Waals surface area contributed by atoms with Crippen LogP contribution < -0.4 is 4.80 Å². The van der Waals surface area contributed by atoms with Gasteiger partial charge in [0.2, 0.25) is 0 Å². The van der Waals surface area contributed by atoms with E-state index in [0.29, 0.717) is 22.0 Å². The fraction of sp³-hybridized carbons (Fsp3) is 0.391. The molecule has 1 aromatic carbocycles. The SMILES string of the molecule is C#CCn1c(=NC(=O)C2CCCN2S(=O)(=O)c2ccc(Cl)s2)sc2cc(CCCC)ccc21. The van der Waals surface area contributed by atoms with Crippen LogP contribution in [0.25, 0.3) is 10.2 Å². The second kappa shape index (κ2) is 10.1. The molecule has 1 unspecified atom stereocenters. The molecular formula is C23H24ClN3O3S3. The van der Waals surface area contributed by atoms with E-state index in [1.807, 2.05) is 10.6 Å². The normalized spacial score (nSPS) is 17.6. The molecule has 0 aliphatic carbocycles. The molecule has 0 spiro atoms. The van der Waals surface area contributed by atoms with Crippen LogP contribution in [0, 0.1) is 12.3 Å². The number of terminal acetylenes is 1. The largest absolute Gasteiger partial charge is 0.305 e. The van der Waals surface area contributed by atoms with E-state index < -0.39 is 22.0 Å². The van der Waals surface area contributed by atoms with Crippen molar-refractivity contribution in [2.45, 2.75) is 55.8 Å². The Morgan fingerprint density at radius 1 is 1.30 bits per heavy atom. The highest BCUT2D eigenvalue weighted by Crippen LogP contribution is 2.32. The molecule has 1 aliphatic heterocycles. The molecule has 0 N–H and O–H groups in total. The number of carbonyl (C=O) groups is 1. The standard InChI is InChI=1S/C23H24ClN3O3S3/c1-3-5-7-16-9-10-17-19(15-16)31-23(26(17)13-4-2)25-22(28)18-8-6-14-27(18)33(29,30)21-12-11-20(24)32-21/h2,9-12,15,18H,3,5-8,13-14H2,1H3. The molecule has 1 atom stereocenters. The summed E-state index contributed by atoms with van der Waals surface area (Å²) >= 11 is 8.33. The second-order valence-corrected chi connectivity index (χ2v) is 12.7. The first-order valence-corrected chi connectivity index (χ1v) is 14.2. The van der Waals surface area contributed by atoms with E-state index in [0.717, 1.165) is 40.8 Å². The predicted molar refractivity (Wildman–Crippen MR) is 134 cm³/mol. The molecule has 2 aromatic heterocycles. The first-order valence-electron chi connectivity index (χ1n) is 10.8. The van der Waals surface area contributed by atoms with E-state index in [9.17, 15) is 13.2 Å². The number of fused-ring (bicyclic) bond motifs is 1. The number of aryl methyl sites for hydroxylation is 1. The maximum atomic E-state index is 13.2. The number of carbonyl (C=O) groups excluding carboxylic acids is 1. The number of thiophene rings is 1. The number of amides is 1. The van der Waals surface area contributed by atoms with Gasteiger partial charge >= 0.3 is 0 Å². The molecule has 1 fully saturated rings. The van der Waals surface area contributed by atoms with Crippen LogP contribution in [0.2, 0.25) is 4.34 Å². The lowest BCUT2D eigenvalue weighted by atomic mass is 10.1. The van der Waals surface area contributed by atoms with Crippen molar-refractivity contribution in [3.05, 3.63) is 45.0 Å². The number of halogens is 1. The third kappa shape index (κ3) is 4.96. The zero-order valence-corrected chi connectivity index (χ0v) is 21.4. The van der Waals surface area contributed by atoms with Crippen molar-refractivity contribution in [1.82, 2.24) is 8.87 Å². The summed E-state index contributed by atoms with van der Waals surface area (Å²) in [6, 6.07) is 8.41. The molecule has 0 radical (unpaired) electrons. The number of rotatable bonds is 7. The molecule has 1 aliphatic rings. The summed E-state index contributed by atoms with van der Waals surface area (Å²) < 4.78 is 30.8. The zero-order chi connectivity index (χ0) is 23.6. The summed E-state index contributed by atoms with van der Waals surface area (Å²) in [5.41, 5.74) is 2.16. The highest BCUT2D eigenvalue weighted by Gasteiger charge is 2.40. The Kier molecular flexibility index (Phi) is 7.41. The highest BCUT2D eigenvalue weighted by molar-refractivity contribution is 7.91. The Balaban J connectivity index is 1.70. The average Bonchev–Trinajstić information content (AvgIpc) is 3.52. The molecular weight excluding hydrogens is 498 g/mol. The Morgan fingerprint density at radius 3 is 2.82 bits per heavy atom. The smallest absolute Gasteiger partial charge is 0.266 e. The van der Waals surface area contributed by atoms with Crippen LogP contribution in [-0.4, -0.2) is 35.8 Å². The van der Waals surface area contributed by atoms with Gasteiger partial charge in [0.05, 0.1) is 21.1 Å². The van der Waals surface area contributed by atoms with E-state index in [1.165, 1.54) is 27.3 Å². The van der Waals surface area contributed by atoms with Crippen molar-refractivity contribution < 1.29 is 13.2 Å². The summed E-state index contributed by atoms with van der Waals surface area (Å²) in [5, 5.41) is 0. The quantitative estimate of drug-likeness (QED) is 0.424. The number of hydrogen-bond acceptors (Lipinski definition) is 5. The van der Waals surface area contributed by atoms with E-state index in [4.69, 9.17) is 18.0 Å². The van der Waals surface area contributed by atoms with Crippen LogP contribution in [0.5, 0.6) is 0 Å². The second-order valence-electron chi connectivity index (χ2n) is 7.86. The molecule has 174 valence electrons. The fourth-order valence-electron chi connectivity index (χ4n) is 3.98. The molecule has 1 amide bonds. The van der Waals surface area contributed by atoms with Gasteiger partial charge in [0.25, 0.3) is 15.9 Å². The lowest BCUT2D eigenvalue weighted by molar-refractivity contribution is -0.121. The Morgan fingerprint density at radius 2 is 2.12 bits per heavy atom. The van der Waals surface area contributed by atoms with Gasteiger partial charge in [-0.1, -0.05) is 48.3 Å². The number of sulfonamides is 1. The van der Waals surface area contributed by atoms with Crippen LogP contribution in [-0.2, 0) is 27.8 Å². The first kappa shape index (κ1) is 24.2. The maximum absolute atomic E-state index is 13.2. The summed E-state index contributed by atoms with van der Waals surface area (Å²) in [6.07, 6.45) is 9.84. The van der Waals surface area contributed by atoms with Crippen molar-refractivity contribution in [3.63, 3.8) is 0 Å². The van der Waals surface area contributed by atoms with Gasteiger partial charge in [-0.15, -0.1) is 17.8 Å². The first-order chi connectivity index (χ1) is 15.8. The highest BCUT2D eigenvalue weighted by atomic mass is 35.5. The summed E-state index contributed by atoms with van der Waals surface area (Å²) in [5.74, 6) is 2.16. The van der Waals surface area contributed by atoms with Crippen molar-refractivity contribution in [2.75, 3.05) is 6.54 Å². The fourth-order valence-corrected chi connectivity index (χ4v) is 8.34. The van der Waals surface area contributed by atoms with Gasteiger partial charge in [0, 0.05) is 6.54 Å². The van der Waals surface area contributed by atoms with Gasteiger partial charge in [0.1, 0.15) is 10.3 Å². The Labute approximate surface area is 206 Å². The van der Waals surface area contributed by atoms with E-state index in [1.54, 1.807) is 6.07 Å². The topological polar surface area (TPSA) is 71.7 Å². The van der Waals surface area contributed by atoms with Gasteiger partial charge in [0.15, 0.2) is 4.80 Å². The minimum atomic E-state index is -3.81. The average molecular weight is 522 g/mol. The number of thiazole rings is 1. The van der Waals surface area contributed by atoms with Crippen LogP contribution in [0.4, 0.5) is 0 Å². The van der Waals surface area contributed by atoms with Crippen molar-refractivity contribution in [3.8, 4) is 12.3 Å². The van der Waals surface area contributed by atoms with Gasteiger partial charge in [-0.3, -0.25) is 4.79 Å². The van der Waals surface area contributed by atoms with E-state index >= 15 is 0 Å². The van der Waals surface area contributed by atoms with Crippen molar-refractivity contribution in [1.29, 1.82) is 0 Å². The third-order valence-electron chi connectivity index (χ3n) is 5.62. The molecule has 1 saturated heterocycles. The number of hydrogen-bond donors (Lipinski definition) is 0. The van der Waals surface area contributed by atoms with Gasteiger partial charge in [-0.05, 0) is 55.5 Å². The lowest BCUT2D eigenvalue weighted by Gasteiger charge is -2.20. The maximum Gasteiger partial charge on any atom is 0.266 e. The van der Waals surface area contributed by atoms with E-state index in [2.05, 4.69) is 30.0 Å². The van der Waals surface area contributed by atoms with Crippen LogP contribution in [0.15, 0.2) is 39.5 Å². The van der Waals surface area contributed by atoms with Crippen molar-refractivity contribution in [2.24, 2.45) is 4.99 Å². The molecule has 6 nitrogen and oxygen atoms in total. The van der Waals surface area contributed by atoms with Crippen LogP contribution in [0.1, 0.15) is 38.2 Å². The Hall–Kier alpha value is -1.96. The van der Waals surface area contributed by atoms with E-state index in [-0.39, 0.29) is 17.3 Å². The molecule has 0 saturated carbocycles. The van der Waals surface area contributed by atoms with Gasteiger partial charge in [-0.25, -0.2) is 8.42 Å². The zero-order valence-electron chi connectivity index (χ0n) is 18.2. The minimum Gasteiger partial charge on any atom is -0.305 e. The van der Waals surface area contributed by atoms with Crippen LogP contribution >= 0.6 is 34.3 Å². The summed E-state index contributed by atoms with van der Waals surface area (Å²) in [7, 11) is -3.81. The molecule has 4 rings (SSSR count). The van der Waals surface area contributed by atoms with Crippen molar-refractivity contribution >= 4 is 60.4 Å². The molecule has 3 aromatic rings. The van der Waals surface area contributed by atoms with Gasteiger partial charge in [-0.2, -0.15) is 9.30 Å². The minimum absolute atomic E-state index is 0.135. The molecule has 3 heterocycles. The molecule has 33 heavy (non-hydrogen) atoms. The van der Waals surface area contributed by atoms with Gasteiger partial charge < -0.3 is 4.57 Å². The number of nitrogens with zero attached hydrogens (tertiary/aromatic N) is 3. The number of benzene rings is 1. The predicted octanol–water partition coefficient (Wildman–Crippen LogP) is 4.67. The summed E-state index contributed by atoms with van der Waals surface area (Å²) in [6.45, 7) is 2.72. The molecule has 0 bridgehead atoms. The third-order valence-corrected chi connectivity index (χ3v) is 10.3. The lowest BCUT2D eigenvalue weighted by Crippen LogP contribution is -2.40. The number of aromatic nitrogens is 1. The Bertz CT molecular complexity index is 1400. The summed E-state index contributed by atoms with van der Waals surface area (Å²) in [4.78, 5) is 18.1. The van der Waals surface area contributed by atoms with Crippen LogP contribution in [0.3, 0.4) is 0 Å².